The van der Waals surface area contributed by atoms with Crippen LogP contribution in [0.25, 0.3) is 0 Å². The van der Waals surface area contributed by atoms with Crippen molar-refractivity contribution in [3.05, 3.63) is 59.7 Å². The first-order valence-corrected chi connectivity index (χ1v) is 10.7. The monoisotopic (exact) mass is 499 g/mol. The summed E-state index contributed by atoms with van der Waals surface area (Å²) in [6.45, 7) is 1.00. The van der Waals surface area contributed by atoms with Crippen LogP contribution in [0.2, 0.25) is 0 Å². The first kappa shape index (κ1) is 24.5. The molecule has 2 aromatic carbocycles. The topological polar surface area (TPSA) is 187 Å². The van der Waals surface area contributed by atoms with E-state index in [1.54, 1.807) is 12.1 Å². The highest BCUT2D eigenvalue weighted by molar-refractivity contribution is 5.95. The number of rotatable bonds is 8. The van der Waals surface area contributed by atoms with E-state index < -0.39 is 35.2 Å². The minimum atomic E-state index is -1.24. The molecule has 0 amide bonds. The Bertz CT molecular complexity index is 1330. The summed E-state index contributed by atoms with van der Waals surface area (Å²) in [5.74, 6) is -5.65. The maximum absolute atomic E-state index is 15.4. The number of aliphatic imine (C=N–C) groups is 1. The van der Waals surface area contributed by atoms with Crippen LogP contribution >= 0.6 is 0 Å². The van der Waals surface area contributed by atoms with E-state index in [9.17, 15) is 5.11 Å². The first-order chi connectivity index (χ1) is 17.2. The molecule has 1 unspecified atom stereocenters. The van der Waals surface area contributed by atoms with Gasteiger partial charge in [0.15, 0.2) is 17.5 Å². The molecule has 0 radical (unpaired) electrons. The lowest BCUT2D eigenvalue weighted by atomic mass is 10.2. The predicted octanol–water partition coefficient (Wildman–Crippen LogP) is 2.58. The van der Waals surface area contributed by atoms with Gasteiger partial charge in [0.1, 0.15) is 17.7 Å². The van der Waals surface area contributed by atoms with Crippen molar-refractivity contribution in [1.82, 2.24) is 10.3 Å². The summed E-state index contributed by atoms with van der Waals surface area (Å²) in [4.78, 5) is 7.73. The van der Waals surface area contributed by atoms with Gasteiger partial charge in [0.25, 0.3) is 11.8 Å². The van der Waals surface area contributed by atoms with Crippen LogP contribution in [-0.4, -0.2) is 41.1 Å². The Balaban J connectivity index is 1.76. The van der Waals surface area contributed by atoms with E-state index in [2.05, 4.69) is 15.3 Å². The number of hydrogen-bond acceptors (Lipinski definition) is 8. The lowest BCUT2D eigenvalue weighted by Gasteiger charge is -2.18. The van der Waals surface area contributed by atoms with Crippen molar-refractivity contribution < 1.29 is 28.1 Å². The fourth-order valence-electron chi connectivity index (χ4n) is 3.36. The molecule has 0 saturated carbocycles. The molecule has 1 aliphatic heterocycles. The molecule has 188 valence electrons. The minimum absolute atomic E-state index is 0.0939. The van der Waals surface area contributed by atoms with Gasteiger partial charge in [-0.2, -0.15) is 13.8 Å². The summed E-state index contributed by atoms with van der Waals surface area (Å²) in [5.41, 5.74) is 16.8. The molecule has 11 nitrogen and oxygen atoms in total. The van der Waals surface area contributed by atoms with Crippen LogP contribution in [0.4, 0.5) is 14.5 Å². The molecule has 1 aromatic heterocycles. The first-order valence-electron chi connectivity index (χ1n) is 10.7. The van der Waals surface area contributed by atoms with Gasteiger partial charge in [-0.15, -0.1) is 0 Å². The fourth-order valence-corrected chi connectivity index (χ4v) is 3.36. The molecular formula is C23H23F2N7O4. The zero-order valence-corrected chi connectivity index (χ0v) is 18.8. The number of ether oxygens (including phenoxy) is 3. The van der Waals surface area contributed by atoms with Crippen molar-refractivity contribution in [3.8, 4) is 34.8 Å². The van der Waals surface area contributed by atoms with Crippen LogP contribution in [0, 0.1) is 17.0 Å². The van der Waals surface area contributed by atoms with Crippen molar-refractivity contribution in [1.29, 1.82) is 5.41 Å². The Morgan fingerprint density at radius 1 is 1.08 bits per heavy atom. The van der Waals surface area contributed by atoms with E-state index in [1.165, 1.54) is 30.3 Å². The summed E-state index contributed by atoms with van der Waals surface area (Å²) in [6.07, 6.45) is 0.0204. The highest BCUT2D eigenvalue weighted by atomic mass is 19.1. The number of aromatic hydroxyl groups is 1. The molecule has 36 heavy (non-hydrogen) atoms. The third-order valence-corrected chi connectivity index (χ3v) is 5.04. The second-order valence-corrected chi connectivity index (χ2v) is 7.75. The molecule has 0 spiro atoms. The predicted molar refractivity (Wildman–Crippen MR) is 127 cm³/mol. The van der Waals surface area contributed by atoms with E-state index >= 15 is 8.78 Å². The van der Waals surface area contributed by atoms with Gasteiger partial charge in [-0.3, -0.25) is 5.41 Å². The second kappa shape index (κ2) is 10.3. The van der Waals surface area contributed by atoms with E-state index in [-0.39, 0.29) is 34.6 Å². The Hall–Kier alpha value is -4.65. The zero-order valence-electron chi connectivity index (χ0n) is 18.8. The largest absolute Gasteiger partial charge is 0.504 e. The number of nitrogen functional groups attached to an aromatic ring is 1. The van der Waals surface area contributed by atoms with E-state index in [4.69, 9.17) is 36.8 Å². The smallest absolute Gasteiger partial charge is 0.263 e. The molecule has 3 aromatic rings. The molecule has 9 N–H and O–H groups in total. The van der Waals surface area contributed by atoms with Crippen molar-refractivity contribution in [2.24, 2.45) is 22.2 Å². The molecule has 1 saturated heterocycles. The minimum Gasteiger partial charge on any atom is -0.504 e. The number of hydrogen-bond donors (Lipinski definition) is 6. The average Bonchev–Trinajstić information content (AvgIpc) is 3.34. The fraction of sp³-hybridized carbons (Fsp3) is 0.174. The Labute approximate surface area is 204 Å². The second-order valence-electron chi connectivity index (χ2n) is 7.75. The van der Waals surface area contributed by atoms with Gasteiger partial charge in [-0.05, 0) is 43.3 Å². The number of phenolic OH excluding ortho intramolecular Hbond substituents is 1. The van der Waals surface area contributed by atoms with Gasteiger partial charge in [0.2, 0.25) is 17.4 Å². The maximum Gasteiger partial charge on any atom is 0.263 e. The molecule has 1 atom stereocenters. The van der Waals surface area contributed by atoms with Crippen LogP contribution in [0.5, 0.6) is 34.8 Å². The number of nitrogens with one attached hydrogen (secondary N) is 2. The third kappa shape index (κ3) is 5.52. The molecule has 0 aliphatic carbocycles. The van der Waals surface area contributed by atoms with Gasteiger partial charge < -0.3 is 41.8 Å². The molecule has 4 rings (SSSR count). The van der Waals surface area contributed by atoms with Crippen LogP contribution in [-0.2, 0) is 0 Å². The number of benzene rings is 2. The van der Waals surface area contributed by atoms with Gasteiger partial charge in [0.05, 0.1) is 5.69 Å². The van der Waals surface area contributed by atoms with Crippen molar-refractivity contribution >= 4 is 17.5 Å². The number of amidine groups is 1. The van der Waals surface area contributed by atoms with Crippen molar-refractivity contribution in [2.75, 3.05) is 13.1 Å². The van der Waals surface area contributed by atoms with Crippen LogP contribution in [0.1, 0.15) is 12.0 Å². The Morgan fingerprint density at radius 2 is 1.83 bits per heavy atom. The van der Waals surface area contributed by atoms with Crippen LogP contribution in [0.3, 0.4) is 0 Å². The number of phenols is 1. The Kier molecular flexibility index (Phi) is 7.01. The quantitative estimate of drug-likeness (QED) is 0.200. The van der Waals surface area contributed by atoms with Crippen molar-refractivity contribution in [2.45, 2.75) is 12.5 Å². The molecule has 0 bridgehead atoms. The molecule has 2 heterocycles. The van der Waals surface area contributed by atoms with Gasteiger partial charge >= 0.3 is 0 Å². The lowest BCUT2D eigenvalue weighted by Crippen LogP contribution is -2.21. The highest BCUT2D eigenvalue weighted by Crippen LogP contribution is 2.40. The lowest BCUT2D eigenvalue weighted by molar-refractivity contribution is 0.196. The zero-order chi connectivity index (χ0) is 25.8. The highest BCUT2D eigenvalue weighted by Gasteiger charge is 2.29. The molecule has 1 fully saturated rings. The van der Waals surface area contributed by atoms with Crippen LogP contribution < -0.4 is 36.7 Å². The van der Waals surface area contributed by atoms with E-state index in [0.717, 1.165) is 0 Å². The number of pyridine rings is 1. The summed E-state index contributed by atoms with van der Waals surface area (Å²) < 4.78 is 47.3. The third-order valence-electron chi connectivity index (χ3n) is 5.04. The Morgan fingerprint density at radius 3 is 2.50 bits per heavy atom. The van der Waals surface area contributed by atoms with Crippen molar-refractivity contribution in [3.63, 3.8) is 0 Å². The van der Waals surface area contributed by atoms with Crippen LogP contribution in [0.15, 0.2) is 47.5 Å². The number of aromatic nitrogens is 1. The number of nitrogens with two attached hydrogens (primary N) is 3. The van der Waals surface area contributed by atoms with Gasteiger partial charge in [-0.25, -0.2) is 4.99 Å². The molecule has 1 aliphatic rings. The molecular weight excluding hydrogens is 476 g/mol. The number of halogens is 2. The summed E-state index contributed by atoms with van der Waals surface area (Å²) >= 11 is 0. The number of nitrogens with zero attached hydrogens (tertiary/aromatic N) is 2. The SMILES string of the molecule is N=C(N)c1ccc(O)c(Oc2nc(Oc3cccc(N=C(N)N)c3)c(F)c(OC3CCNC3)c2F)c1. The average molecular weight is 499 g/mol. The summed E-state index contributed by atoms with van der Waals surface area (Å²) in [7, 11) is 0. The van der Waals surface area contributed by atoms with Gasteiger partial charge in [-0.1, -0.05) is 6.07 Å². The van der Waals surface area contributed by atoms with E-state index in [1.807, 2.05) is 0 Å². The summed E-state index contributed by atoms with van der Waals surface area (Å²) in [6, 6.07) is 9.84. The molecule has 13 heteroatoms. The van der Waals surface area contributed by atoms with E-state index in [0.29, 0.717) is 25.2 Å². The normalized spacial score (nSPS) is 14.8. The van der Waals surface area contributed by atoms with Gasteiger partial charge in [0, 0.05) is 18.2 Å². The number of guanidine groups is 1. The standard InChI is InChI=1S/C23H23F2N7O4/c24-17-19(34-14-6-7-30-10-14)18(25)22(36-16-8-11(20(26)27)4-5-15(16)33)32-21(17)35-13-3-1-2-12(9-13)31-23(28)29/h1-5,8-9,14,30,33H,6-7,10H2,(H3,26,27)(H4,28,29,31). The summed E-state index contributed by atoms with van der Waals surface area (Å²) in [5, 5.41) is 20.8. The maximum atomic E-state index is 15.4.